The molecule has 0 saturated heterocycles. The van der Waals surface area contributed by atoms with E-state index < -0.39 is 14.4 Å². The number of hydrogen-bond donors (Lipinski definition) is 1. The van der Waals surface area contributed by atoms with Crippen molar-refractivity contribution in [3.05, 3.63) is 34.3 Å². The van der Waals surface area contributed by atoms with Crippen molar-refractivity contribution in [1.82, 2.24) is 0 Å². The van der Waals surface area contributed by atoms with Crippen molar-refractivity contribution in [3.63, 3.8) is 0 Å². The van der Waals surface area contributed by atoms with Crippen LogP contribution in [0.5, 0.6) is 0 Å². The first-order valence-corrected chi connectivity index (χ1v) is 10.1. The number of fused-ring (bicyclic) bond motifs is 1. The Balaban J connectivity index is 2.22. The van der Waals surface area contributed by atoms with Gasteiger partial charge in [-0.15, -0.1) is 0 Å². The van der Waals surface area contributed by atoms with Crippen LogP contribution in [0.15, 0.2) is 18.2 Å². The lowest BCUT2D eigenvalue weighted by Crippen LogP contribution is -2.45. The lowest BCUT2D eigenvalue weighted by atomic mass is 10.1. The van der Waals surface area contributed by atoms with E-state index in [0.29, 0.717) is 5.02 Å². The molecule has 0 heterocycles. The average Bonchev–Trinajstić information content (AvgIpc) is 2.55. The minimum absolute atomic E-state index is 0.144. The minimum Gasteiger partial charge on any atom is -0.411 e. The van der Waals surface area contributed by atoms with E-state index in [0.717, 1.165) is 17.5 Å². The standard InChI is InChI=1S/C15H23ClO2Si/c1-15(2,3)19(4,5)18-12-9-10-7-6-8-11(16)13(10)14(12)17/h6-8,12,14,17H,9H2,1-5H3/t12-,14-/m0/s1. The van der Waals surface area contributed by atoms with Crippen LogP contribution in [-0.4, -0.2) is 19.5 Å². The summed E-state index contributed by atoms with van der Waals surface area (Å²) in [5.74, 6) is 0. The molecule has 19 heavy (non-hydrogen) atoms. The summed E-state index contributed by atoms with van der Waals surface area (Å²) in [5.41, 5.74) is 1.97. The van der Waals surface area contributed by atoms with E-state index in [1.165, 1.54) is 0 Å². The van der Waals surface area contributed by atoms with Gasteiger partial charge in [0.15, 0.2) is 8.32 Å². The van der Waals surface area contributed by atoms with Gasteiger partial charge in [-0.1, -0.05) is 44.5 Å². The van der Waals surface area contributed by atoms with Crippen molar-refractivity contribution >= 4 is 19.9 Å². The van der Waals surface area contributed by atoms with E-state index in [4.69, 9.17) is 16.0 Å². The third-order valence-corrected chi connectivity index (χ3v) is 9.30. The van der Waals surface area contributed by atoms with Crippen molar-refractivity contribution in [2.24, 2.45) is 0 Å². The van der Waals surface area contributed by atoms with Crippen LogP contribution in [0.25, 0.3) is 0 Å². The quantitative estimate of drug-likeness (QED) is 0.824. The third kappa shape index (κ3) is 2.75. The van der Waals surface area contributed by atoms with Crippen LogP contribution < -0.4 is 0 Å². The normalized spacial score (nSPS) is 23.5. The number of rotatable bonds is 2. The molecule has 1 aromatic carbocycles. The predicted molar refractivity (Wildman–Crippen MR) is 82.2 cm³/mol. The minimum atomic E-state index is -1.87. The maximum Gasteiger partial charge on any atom is 0.192 e. The van der Waals surface area contributed by atoms with Gasteiger partial charge < -0.3 is 9.53 Å². The average molecular weight is 299 g/mol. The van der Waals surface area contributed by atoms with Crippen molar-refractivity contribution in [3.8, 4) is 0 Å². The van der Waals surface area contributed by atoms with Gasteiger partial charge in [0.05, 0.1) is 6.10 Å². The summed E-state index contributed by atoms with van der Waals surface area (Å²) in [5, 5.41) is 11.3. The molecule has 1 aliphatic rings. The van der Waals surface area contributed by atoms with Gasteiger partial charge in [0.1, 0.15) is 6.10 Å². The fourth-order valence-electron chi connectivity index (χ4n) is 2.27. The Hall–Kier alpha value is -0.353. The SMILES string of the molecule is CC(C)(C)[Si](C)(C)O[C@H]1Cc2cccc(Cl)c2[C@H]1O. The topological polar surface area (TPSA) is 29.5 Å². The highest BCUT2D eigenvalue weighted by molar-refractivity contribution is 6.74. The molecule has 0 bridgehead atoms. The van der Waals surface area contributed by atoms with Gasteiger partial charge in [-0.05, 0) is 29.8 Å². The summed E-state index contributed by atoms with van der Waals surface area (Å²) >= 11 is 6.19. The van der Waals surface area contributed by atoms with Gasteiger partial charge in [-0.3, -0.25) is 0 Å². The van der Waals surface area contributed by atoms with E-state index in [9.17, 15) is 5.11 Å². The van der Waals surface area contributed by atoms with Gasteiger partial charge in [-0.25, -0.2) is 0 Å². The second kappa shape index (κ2) is 4.88. The van der Waals surface area contributed by atoms with Crippen molar-refractivity contribution in [1.29, 1.82) is 0 Å². The summed E-state index contributed by atoms with van der Waals surface area (Å²) in [7, 11) is -1.87. The molecule has 0 saturated carbocycles. The zero-order valence-electron chi connectivity index (χ0n) is 12.3. The summed E-state index contributed by atoms with van der Waals surface area (Å²) in [6.45, 7) is 11.1. The molecular weight excluding hydrogens is 276 g/mol. The maximum absolute atomic E-state index is 10.5. The van der Waals surface area contributed by atoms with Gasteiger partial charge in [-0.2, -0.15) is 0 Å². The number of hydrogen-bond acceptors (Lipinski definition) is 2. The largest absolute Gasteiger partial charge is 0.411 e. The molecular formula is C15H23ClO2Si. The fourth-order valence-corrected chi connectivity index (χ4v) is 3.90. The molecule has 4 heteroatoms. The first-order chi connectivity index (χ1) is 8.63. The Labute approximate surface area is 121 Å². The van der Waals surface area contributed by atoms with Crippen LogP contribution in [0, 0.1) is 0 Å². The smallest absolute Gasteiger partial charge is 0.192 e. The second-order valence-electron chi connectivity index (χ2n) is 6.88. The van der Waals surface area contributed by atoms with Crippen molar-refractivity contribution in [2.45, 2.75) is 57.5 Å². The first kappa shape index (κ1) is 15.0. The molecule has 0 aromatic heterocycles. The molecule has 2 atom stereocenters. The Kier molecular flexibility index (Phi) is 3.87. The molecule has 0 amide bonds. The Bertz CT molecular complexity index is 480. The number of aliphatic hydroxyl groups excluding tert-OH is 1. The lowest BCUT2D eigenvalue weighted by molar-refractivity contribution is 0.0403. The Morgan fingerprint density at radius 1 is 1.32 bits per heavy atom. The molecule has 2 rings (SSSR count). The van der Waals surface area contributed by atoms with E-state index in [1.807, 2.05) is 18.2 Å². The number of benzene rings is 1. The van der Waals surface area contributed by atoms with Crippen LogP contribution in [0.4, 0.5) is 0 Å². The van der Waals surface area contributed by atoms with Gasteiger partial charge >= 0.3 is 0 Å². The van der Waals surface area contributed by atoms with Gasteiger partial charge in [0.2, 0.25) is 0 Å². The predicted octanol–water partition coefficient (Wildman–Crippen LogP) is 4.32. The van der Waals surface area contributed by atoms with Crippen LogP contribution >= 0.6 is 11.6 Å². The molecule has 0 unspecified atom stereocenters. The van der Waals surface area contributed by atoms with Crippen LogP contribution in [0.1, 0.15) is 38.0 Å². The monoisotopic (exact) mass is 298 g/mol. The van der Waals surface area contributed by atoms with E-state index in [2.05, 4.69) is 33.9 Å². The van der Waals surface area contributed by atoms with Crippen LogP contribution in [-0.2, 0) is 10.8 Å². The molecule has 1 aromatic rings. The number of aliphatic hydroxyl groups is 1. The first-order valence-electron chi connectivity index (χ1n) is 6.76. The summed E-state index contributed by atoms with van der Waals surface area (Å²) < 4.78 is 6.34. The highest BCUT2D eigenvalue weighted by Gasteiger charge is 2.43. The third-order valence-electron chi connectivity index (χ3n) is 4.46. The molecule has 0 radical (unpaired) electrons. The molecule has 0 fully saturated rings. The Morgan fingerprint density at radius 2 is 1.95 bits per heavy atom. The van der Waals surface area contributed by atoms with Crippen molar-refractivity contribution in [2.75, 3.05) is 0 Å². The molecule has 2 nitrogen and oxygen atoms in total. The molecule has 1 aliphatic carbocycles. The molecule has 106 valence electrons. The summed E-state index contributed by atoms with van der Waals surface area (Å²) in [4.78, 5) is 0. The van der Waals surface area contributed by atoms with E-state index in [1.54, 1.807) is 0 Å². The van der Waals surface area contributed by atoms with Crippen molar-refractivity contribution < 1.29 is 9.53 Å². The molecule has 0 spiro atoms. The highest BCUT2D eigenvalue weighted by Crippen LogP contribution is 2.43. The lowest BCUT2D eigenvalue weighted by Gasteiger charge is -2.39. The van der Waals surface area contributed by atoms with Gasteiger partial charge in [0.25, 0.3) is 0 Å². The maximum atomic E-state index is 10.5. The zero-order chi connectivity index (χ0) is 14.4. The van der Waals surface area contributed by atoms with E-state index >= 15 is 0 Å². The number of halogens is 1. The van der Waals surface area contributed by atoms with Crippen LogP contribution in [0.2, 0.25) is 23.2 Å². The highest BCUT2D eigenvalue weighted by atomic mass is 35.5. The van der Waals surface area contributed by atoms with Crippen LogP contribution in [0.3, 0.4) is 0 Å². The fraction of sp³-hybridized carbons (Fsp3) is 0.600. The van der Waals surface area contributed by atoms with Gasteiger partial charge in [0, 0.05) is 17.0 Å². The van der Waals surface area contributed by atoms with E-state index in [-0.39, 0.29) is 11.1 Å². The molecule has 1 N–H and O–H groups in total. The molecule has 0 aliphatic heterocycles. The Morgan fingerprint density at radius 3 is 2.47 bits per heavy atom. The zero-order valence-corrected chi connectivity index (χ0v) is 14.1. The second-order valence-corrected chi connectivity index (χ2v) is 12.0. The summed E-state index contributed by atoms with van der Waals surface area (Å²) in [6.07, 6.45) is -0.00237. The summed E-state index contributed by atoms with van der Waals surface area (Å²) in [6, 6.07) is 5.79.